The fourth-order valence-electron chi connectivity index (χ4n) is 1.04. The molecule has 0 saturated carbocycles. The minimum atomic E-state index is -3.11. The van der Waals surface area contributed by atoms with Crippen molar-refractivity contribution >= 4 is 15.9 Å². The predicted octanol–water partition coefficient (Wildman–Crippen LogP) is 3.44. The van der Waals surface area contributed by atoms with Gasteiger partial charge in [-0.2, -0.15) is 5.26 Å². The van der Waals surface area contributed by atoms with Crippen molar-refractivity contribution in [1.29, 1.82) is 5.26 Å². The van der Waals surface area contributed by atoms with E-state index in [0.717, 1.165) is 0 Å². The van der Waals surface area contributed by atoms with Crippen molar-refractivity contribution < 1.29 is 22.3 Å². The van der Waals surface area contributed by atoms with Gasteiger partial charge < -0.3 is 4.74 Å². The minimum Gasteiger partial charge on any atom is -0.477 e. The molecule has 2 nitrogen and oxygen atoms in total. The van der Waals surface area contributed by atoms with Gasteiger partial charge in [-0.25, -0.2) is 17.6 Å². The van der Waals surface area contributed by atoms with Gasteiger partial charge in [-0.3, -0.25) is 0 Å². The molecule has 92 valence electrons. The summed E-state index contributed by atoms with van der Waals surface area (Å²) in [6.07, 6.45) is -5.20. The lowest BCUT2D eigenvalue weighted by atomic mass is 10.2. The maximum absolute atomic E-state index is 13.5. The van der Waals surface area contributed by atoms with Gasteiger partial charge in [-0.15, -0.1) is 0 Å². The highest BCUT2D eigenvalue weighted by Gasteiger charge is 2.25. The summed E-state index contributed by atoms with van der Waals surface area (Å²) in [4.78, 5) is 0. The topological polar surface area (TPSA) is 33.0 Å². The number of halogens is 5. The van der Waals surface area contributed by atoms with Crippen LogP contribution in [0.15, 0.2) is 16.6 Å². The largest absolute Gasteiger partial charge is 0.477 e. The highest BCUT2D eigenvalue weighted by Crippen LogP contribution is 2.30. The molecule has 0 fully saturated rings. The molecule has 1 aromatic carbocycles. The zero-order valence-electron chi connectivity index (χ0n) is 8.26. The van der Waals surface area contributed by atoms with Gasteiger partial charge in [0, 0.05) is 0 Å². The van der Waals surface area contributed by atoms with Crippen molar-refractivity contribution in [2.45, 2.75) is 12.5 Å². The maximum atomic E-state index is 13.5. The van der Waals surface area contributed by atoms with Crippen molar-refractivity contribution in [2.24, 2.45) is 0 Å². The lowest BCUT2D eigenvalue weighted by Crippen LogP contribution is -2.28. The molecule has 17 heavy (non-hydrogen) atoms. The van der Waals surface area contributed by atoms with Crippen LogP contribution >= 0.6 is 15.9 Å². The smallest absolute Gasteiger partial charge is 0.277 e. The number of benzene rings is 1. The van der Waals surface area contributed by atoms with Gasteiger partial charge in [0.1, 0.15) is 12.7 Å². The van der Waals surface area contributed by atoms with E-state index in [1.807, 2.05) is 0 Å². The molecule has 0 unspecified atom stereocenters. The Balaban J connectivity index is 3.12. The van der Waals surface area contributed by atoms with E-state index < -0.39 is 30.8 Å². The van der Waals surface area contributed by atoms with E-state index >= 15 is 0 Å². The van der Waals surface area contributed by atoms with Gasteiger partial charge in [0.2, 0.25) is 0 Å². The summed E-state index contributed by atoms with van der Waals surface area (Å²) >= 11 is 2.81. The molecule has 0 aliphatic carbocycles. The quantitative estimate of drug-likeness (QED) is 0.798. The van der Waals surface area contributed by atoms with E-state index in [1.165, 1.54) is 12.1 Å². The second-order valence-corrected chi connectivity index (χ2v) is 3.85. The third kappa shape index (κ3) is 3.09. The maximum Gasteiger partial charge on any atom is 0.277 e. The molecule has 0 radical (unpaired) electrons. The Kier molecular flexibility index (Phi) is 4.75. The molecule has 0 aliphatic heterocycles. The predicted molar refractivity (Wildman–Crippen MR) is 55.2 cm³/mol. The fourth-order valence-corrected chi connectivity index (χ4v) is 1.35. The highest BCUT2D eigenvalue weighted by molar-refractivity contribution is 9.10. The Labute approximate surface area is 103 Å². The van der Waals surface area contributed by atoms with Gasteiger partial charge in [-0.1, -0.05) is 0 Å². The summed E-state index contributed by atoms with van der Waals surface area (Å²) in [6, 6.07) is 3.99. The first-order chi connectivity index (χ1) is 8.01. The van der Waals surface area contributed by atoms with Crippen molar-refractivity contribution in [1.82, 2.24) is 0 Å². The lowest BCUT2D eigenvalue weighted by molar-refractivity contribution is -0.00320. The molecule has 7 heteroatoms. The molecule has 1 aromatic rings. The Hall–Kier alpha value is -1.29. The number of hydrogen-bond donors (Lipinski definition) is 0. The van der Waals surface area contributed by atoms with Crippen LogP contribution in [0.1, 0.15) is 5.56 Å². The Morgan fingerprint density at radius 1 is 1.41 bits per heavy atom. The number of alkyl halides is 3. The molecule has 0 aromatic heterocycles. The molecule has 0 aliphatic rings. The van der Waals surface area contributed by atoms with Crippen LogP contribution in [-0.2, 0) is 0 Å². The van der Waals surface area contributed by atoms with E-state index in [1.54, 1.807) is 6.07 Å². The minimum absolute atomic E-state index is 0.0571. The fraction of sp³-hybridized carbons (Fsp3) is 0.300. The molecular formula is C10H6BrF4NO. The van der Waals surface area contributed by atoms with Crippen LogP contribution in [0.3, 0.4) is 0 Å². The molecule has 0 heterocycles. The average molecular weight is 312 g/mol. The summed E-state index contributed by atoms with van der Waals surface area (Å²) < 4.78 is 54.8. The third-order valence-corrected chi connectivity index (χ3v) is 2.49. The van der Waals surface area contributed by atoms with Crippen LogP contribution in [0.2, 0.25) is 0 Å². The number of hydrogen-bond acceptors (Lipinski definition) is 2. The molecule has 0 saturated heterocycles. The Morgan fingerprint density at radius 3 is 2.53 bits per heavy atom. The lowest BCUT2D eigenvalue weighted by Gasteiger charge is -2.16. The van der Waals surface area contributed by atoms with Gasteiger partial charge in [0.25, 0.3) is 6.43 Å². The zero-order valence-corrected chi connectivity index (χ0v) is 9.85. The standard InChI is InChI=1S/C10H6BrF4NO/c11-6-2-1-5(4-16)9(8(6)13)17-7(3-12)10(14)15/h1-2,7,10H,3H2/t7-/m0/s1. The number of rotatable bonds is 4. The van der Waals surface area contributed by atoms with E-state index in [-0.39, 0.29) is 10.0 Å². The first-order valence-corrected chi connectivity index (χ1v) is 5.19. The summed E-state index contributed by atoms with van der Waals surface area (Å²) in [6.45, 7) is -1.48. The molecule has 1 rings (SSSR count). The monoisotopic (exact) mass is 311 g/mol. The van der Waals surface area contributed by atoms with Crippen LogP contribution in [0.5, 0.6) is 5.75 Å². The summed E-state index contributed by atoms with van der Waals surface area (Å²) in [5, 5.41) is 8.66. The van der Waals surface area contributed by atoms with Crippen LogP contribution in [-0.4, -0.2) is 19.2 Å². The van der Waals surface area contributed by atoms with Crippen LogP contribution in [0.4, 0.5) is 17.6 Å². The van der Waals surface area contributed by atoms with Crippen LogP contribution in [0, 0.1) is 17.1 Å². The summed E-state index contributed by atoms with van der Waals surface area (Å²) in [5.41, 5.74) is -0.273. The van der Waals surface area contributed by atoms with Crippen molar-refractivity contribution in [3.05, 3.63) is 28.0 Å². The van der Waals surface area contributed by atoms with Gasteiger partial charge in [0.05, 0.1) is 10.0 Å². The van der Waals surface area contributed by atoms with Crippen molar-refractivity contribution in [3.8, 4) is 11.8 Å². The molecule has 0 N–H and O–H groups in total. The second-order valence-electron chi connectivity index (χ2n) is 2.99. The van der Waals surface area contributed by atoms with Gasteiger partial charge in [0.15, 0.2) is 17.7 Å². The molecule has 1 atom stereocenters. The Morgan fingerprint density at radius 2 is 2.06 bits per heavy atom. The average Bonchev–Trinajstić information content (AvgIpc) is 2.30. The second kappa shape index (κ2) is 5.87. The Bertz CT molecular complexity index is 447. The summed E-state index contributed by atoms with van der Waals surface area (Å²) in [7, 11) is 0. The van der Waals surface area contributed by atoms with Crippen molar-refractivity contribution in [2.75, 3.05) is 6.67 Å². The number of nitriles is 1. The van der Waals surface area contributed by atoms with E-state index in [0.29, 0.717) is 0 Å². The first-order valence-electron chi connectivity index (χ1n) is 4.40. The number of ether oxygens (including phenoxy) is 1. The van der Waals surface area contributed by atoms with E-state index in [4.69, 9.17) is 5.26 Å². The van der Waals surface area contributed by atoms with Gasteiger partial charge >= 0.3 is 0 Å². The molecule has 0 spiro atoms. The molecule has 0 amide bonds. The molecule has 0 bridgehead atoms. The normalized spacial score (nSPS) is 12.3. The zero-order chi connectivity index (χ0) is 13.0. The van der Waals surface area contributed by atoms with E-state index in [2.05, 4.69) is 20.7 Å². The summed E-state index contributed by atoms with van der Waals surface area (Å²) in [5.74, 6) is -1.69. The van der Waals surface area contributed by atoms with Crippen LogP contribution < -0.4 is 4.74 Å². The van der Waals surface area contributed by atoms with Crippen LogP contribution in [0.25, 0.3) is 0 Å². The first kappa shape index (κ1) is 13.8. The molecular weight excluding hydrogens is 306 g/mol. The highest BCUT2D eigenvalue weighted by atomic mass is 79.9. The van der Waals surface area contributed by atoms with Gasteiger partial charge in [-0.05, 0) is 28.1 Å². The van der Waals surface area contributed by atoms with Crippen molar-refractivity contribution in [3.63, 3.8) is 0 Å². The van der Waals surface area contributed by atoms with E-state index in [9.17, 15) is 17.6 Å². The SMILES string of the molecule is N#Cc1ccc(Br)c(F)c1O[C@@H](CF)C(F)F. The number of nitrogens with zero attached hydrogens (tertiary/aromatic N) is 1. The third-order valence-electron chi connectivity index (χ3n) is 1.87.